The Bertz CT molecular complexity index is 726. The van der Waals surface area contributed by atoms with Gasteiger partial charge in [0.05, 0.1) is 0 Å². The van der Waals surface area contributed by atoms with Crippen molar-refractivity contribution in [3.63, 3.8) is 0 Å². The first-order valence-corrected chi connectivity index (χ1v) is 9.56. The van der Waals surface area contributed by atoms with Crippen LogP contribution in [0.4, 0.5) is 0 Å². The number of carbonyl (C=O) groups is 1. The van der Waals surface area contributed by atoms with Crippen molar-refractivity contribution in [2.75, 3.05) is 26.2 Å². The van der Waals surface area contributed by atoms with E-state index in [0.29, 0.717) is 0 Å². The van der Waals surface area contributed by atoms with E-state index in [1.807, 2.05) is 11.1 Å². The van der Waals surface area contributed by atoms with Gasteiger partial charge in [0, 0.05) is 50.4 Å². The molecular weight excluding hydrogens is 334 g/mol. The molecule has 0 atom stereocenters. The molecule has 3 rings (SSSR count). The summed E-state index contributed by atoms with van der Waals surface area (Å²) in [6.07, 6.45) is 1.98. The van der Waals surface area contributed by atoms with Gasteiger partial charge in [-0.15, -0.1) is 0 Å². The average Bonchev–Trinajstić information content (AvgIpc) is 3.01. The van der Waals surface area contributed by atoms with Crippen LogP contribution in [0.25, 0.3) is 10.9 Å². The molecular formula is C23H39N3O. The molecule has 1 aliphatic heterocycles. The fourth-order valence-electron chi connectivity index (χ4n) is 3.21. The first kappa shape index (κ1) is 23.2. The van der Waals surface area contributed by atoms with Gasteiger partial charge < -0.3 is 9.88 Å². The van der Waals surface area contributed by atoms with Crippen molar-refractivity contribution in [1.29, 1.82) is 0 Å². The molecule has 2 aromatic rings. The second kappa shape index (κ2) is 8.92. The number of carbonyl (C=O) groups excluding carboxylic acids is 1. The summed E-state index contributed by atoms with van der Waals surface area (Å²) in [4.78, 5) is 18.6. The van der Waals surface area contributed by atoms with E-state index in [0.717, 1.165) is 26.2 Å². The van der Waals surface area contributed by atoms with E-state index in [4.69, 9.17) is 0 Å². The van der Waals surface area contributed by atoms with Crippen molar-refractivity contribution >= 4 is 16.8 Å². The highest BCUT2D eigenvalue weighted by Gasteiger charge is 2.26. The number of amides is 1. The van der Waals surface area contributed by atoms with Gasteiger partial charge >= 0.3 is 0 Å². The molecule has 1 aromatic carbocycles. The number of aromatic amines is 1. The Morgan fingerprint density at radius 3 is 2.04 bits per heavy atom. The minimum absolute atomic E-state index is 0. The standard InChI is InChI=1S/C12H15N.C10H20N2O.CH4/c1-12(2,3)10-4-5-11-9(8-10)6-7-13-11;1-9(13)11-5-7-12(8-6-11)10(2,3)4;/h4-8,13H,1-3H3;5-8H2,1-4H3;1H4. The van der Waals surface area contributed by atoms with E-state index in [2.05, 4.69) is 75.7 Å². The summed E-state index contributed by atoms with van der Waals surface area (Å²) in [5.41, 5.74) is 3.08. The van der Waals surface area contributed by atoms with Crippen LogP contribution >= 0.6 is 0 Å². The maximum atomic E-state index is 11.1. The lowest BCUT2D eigenvalue weighted by Gasteiger charge is -2.42. The van der Waals surface area contributed by atoms with Crippen molar-refractivity contribution in [3.05, 3.63) is 36.0 Å². The summed E-state index contributed by atoms with van der Waals surface area (Å²) in [7, 11) is 0. The van der Waals surface area contributed by atoms with Crippen LogP contribution < -0.4 is 0 Å². The molecule has 0 spiro atoms. The Hall–Kier alpha value is -1.81. The van der Waals surface area contributed by atoms with Crippen LogP contribution in [-0.2, 0) is 10.2 Å². The zero-order valence-electron chi connectivity index (χ0n) is 17.5. The lowest BCUT2D eigenvalue weighted by Crippen LogP contribution is -2.54. The molecule has 0 bridgehead atoms. The molecule has 4 heteroatoms. The molecule has 1 saturated heterocycles. The quantitative estimate of drug-likeness (QED) is 0.702. The molecule has 1 fully saturated rings. The highest BCUT2D eigenvalue weighted by atomic mass is 16.2. The molecule has 0 aliphatic carbocycles. The van der Waals surface area contributed by atoms with Gasteiger partial charge in [-0.3, -0.25) is 9.69 Å². The summed E-state index contributed by atoms with van der Waals surface area (Å²) in [6, 6.07) is 8.71. The van der Waals surface area contributed by atoms with E-state index in [9.17, 15) is 4.79 Å². The third-order valence-corrected chi connectivity index (χ3v) is 5.09. The number of hydrogen-bond donors (Lipinski definition) is 1. The van der Waals surface area contributed by atoms with Gasteiger partial charge in [-0.2, -0.15) is 0 Å². The van der Waals surface area contributed by atoms with E-state index >= 15 is 0 Å². The topological polar surface area (TPSA) is 39.3 Å². The maximum Gasteiger partial charge on any atom is 0.219 e. The molecule has 2 heterocycles. The van der Waals surface area contributed by atoms with Crippen LogP contribution in [-0.4, -0.2) is 52.4 Å². The monoisotopic (exact) mass is 373 g/mol. The summed E-state index contributed by atoms with van der Waals surface area (Å²) in [5.74, 6) is 0.202. The molecule has 0 unspecified atom stereocenters. The first-order chi connectivity index (χ1) is 12.0. The zero-order chi connectivity index (χ0) is 19.5. The van der Waals surface area contributed by atoms with E-state index < -0.39 is 0 Å². The molecule has 1 aromatic heterocycles. The van der Waals surface area contributed by atoms with Crippen molar-refractivity contribution in [1.82, 2.24) is 14.8 Å². The molecule has 1 N–H and O–H groups in total. The van der Waals surface area contributed by atoms with Gasteiger partial charge in [0.1, 0.15) is 0 Å². The SMILES string of the molecule is C.CC(=O)N1CCN(C(C)(C)C)CC1.CC(C)(C)c1ccc2[nH]ccc2c1. The van der Waals surface area contributed by atoms with Crippen LogP contribution in [0.1, 0.15) is 61.5 Å². The Kier molecular flexibility index (Phi) is 7.67. The molecule has 4 nitrogen and oxygen atoms in total. The van der Waals surface area contributed by atoms with Crippen molar-refractivity contribution < 1.29 is 4.79 Å². The number of nitrogens with zero attached hydrogens (tertiary/aromatic N) is 2. The number of rotatable bonds is 0. The molecule has 27 heavy (non-hydrogen) atoms. The third-order valence-electron chi connectivity index (χ3n) is 5.09. The highest BCUT2D eigenvalue weighted by molar-refractivity contribution is 5.80. The van der Waals surface area contributed by atoms with Crippen LogP contribution in [0.15, 0.2) is 30.5 Å². The van der Waals surface area contributed by atoms with Crippen molar-refractivity contribution in [3.8, 4) is 0 Å². The van der Waals surface area contributed by atoms with Gasteiger partial charge in [-0.05, 0) is 55.3 Å². The minimum Gasteiger partial charge on any atom is -0.361 e. The predicted octanol–water partition coefficient (Wildman–Crippen LogP) is 5.05. The van der Waals surface area contributed by atoms with E-state index in [1.54, 1.807) is 6.92 Å². The number of aromatic nitrogens is 1. The average molecular weight is 374 g/mol. The van der Waals surface area contributed by atoms with Gasteiger partial charge in [-0.25, -0.2) is 0 Å². The number of benzene rings is 1. The summed E-state index contributed by atoms with van der Waals surface area (Å²) >= 11 is 0. The Labute approximate surface area is 165 Å². The van der Waals surface area contributed by atoms with Crippen LogP contribution in [0.3, 0.4) is 0 Å². The second-order valence-electron chi connectivity index (χ2n) is 9.19. The van der Waals surface area contributed by atoms with Gasteiger partial charge in [-0.1, -0.05) is 34.3 Å². The lowest BCUT2D eigenvalue weighted by molar-refractivity contribution is -0.131. The summed E-state index contributed by atoms with van der Waals surface area (Å²) < 4.78 is 0. The molecule has 0 saturated carbocycles. The number of nitrogens with one attached hydrogen (secondary N) is 1. The van der Waals surface area contributed by atoms with Gasteiger partial charge in [0.2, 0.25) is 5.91 Å². The lowest BCUT2D eigenvalue weighted by atomic mass is 9.86. The molecule has 1 aliphatic rings. The summed E-state index contributed by atoms with van der Waals surface area (Å²) in [5, 5.41) is 1.30. The molecule has 152 valence electrons. The molecule has 1 amide bonds. The number of H-pyrrole nitrogens is 1. The van der Waals surface area contributed by atoms with E-state index in [1.165, 1.54) is 16.5 Å². The Balaban J connectivity index is 0.000000260. The Morgan fingerprint density at radius 1 is 0.963 bits per heavy atom. The van der Waals surface area contributed by atoms with Crippen molar-refractivity contribution in [2.45, 2.75) is 66.8 Å². The zero-order valence-corrected chi connectivity index (χ0v) is 17.5. The number of hydrogen-bond acceptors (Lipinski definition) is 2. The van der Waals surface area contributed by atoms with Gasteiger partial charge in [0.15, 0.2) is 0 Å². The normalized spacial score (nSPS) is 15.7. The number of fused-ring (bicyclic) bond motifs is 1. The van der Waals surface area contributed by atoms with Crippen LogP contribution in [0.5, 0.6) is 0 Å². The fourth-order valence-corrected chi connectivity index (χ4v) is 3.21. The molecule has 0 radical (unpaired) electrons. The van der Waals surface area contributed by atoms with E-state index in [-0.39, 0.29) is 24.3 Å². The smallest absolute Gasteiger partial charge is 0.219 e. The van der Waals surface area contributed by atoms with Gasteiger partial charge in [0.25, 0.3) is 0 Å². The number of piperazine rings is 1. The summed E-state index contributed by atoms with van der Waals surface area (Å²) in [6.45, 7) is 18.8. The third kappa shape index (κ3) is 6.39. The Morgan fingerprint density at radius 2 is 1.56 bits per heavy atom. The van der Waals surface area contributed by atoms with Crippen molar-refractivity contribution in [2.24, 2.45) is 0 Å². The van der Waals surface area contributed by atoms with Crippen LogP contribution in [0.2, 0.25) is 0 Å². The highest BCUT2D eigenvalue weighted by Crippen LogP contribution is 2.25. The largest absolute Gasteiger partial charge is 0.361 e. The van der Waals surface area contributed by atoms with Crippen LogP contribution in [0, 0.1) is 0 Å². The first-order valence-electron chi connectivity index (χ1n) is 9.56. The second-order valence-corrected chi connectivity index (χ2v) is 9.19. The maximum absolute atomic E-state index is 11.1. The predicted molar refractivity (Wildman–Crippen MR) is 117 cm³/mol. The minimum atomic E-state index is 0. The fraction of sp³-hybridized carbons (Fsp3) is 0.609.